The van der Waals surface area contributed by atoms with Gasteiger partial charge in [0.1, 0.15) is 0 Å². The summed E-state index contributed by atoms with van der Waals surface area (Å²) in [5.41, 5.74) is 3.45. The monoisotopic (exact) mass is 288 g/mol. The number of nitrogens with zero attached hydrogens (tertiary/aromatic N) is 2. The highest BCUT2D eigenvalue weighted by molar-refractivity contribution is 6.39. The van der Waals surface area contributed by atoms with Crippen LogP contribution in [0.3, 0.4) is 0 Å². The van der Waals surface area contributed by atoms with E-state index in [1.165, 1.54) is 0 Å². The highest BCUT2D eigenvalue weighted by Gasteiger charge is 2.12. The molecule has 2 nitrogen and oxygen atoms in total. The first-order valence-electron chi connectivity index (χ1n) is 5.82. The maximum absolute atomic E-state index is 6.26. The van der Waals surface area contributed by atoms with Gasteiger partial charge in [0.05, 0.1) is 15.6 Å². The van der Waals surface area contributed by atoms with E-state index in [1.54, 1.807) is 12.4 Å². The van der Waals surface area contributed by atoms with Crippen LogP contribution in [-0.4, -0.2) is 9.97 Å². The number of hydrogen-bond donors (Lipinski definition) is 0. The molecule has 0 saturated heterocycles. The Morgan fingerprint density at radius 2 is 1.68 bits per heavy atom. The fourth-order valence-electron chi connectivity index (χ4n) is 2.08. The van der Waals surface area contributed by atoms with Gasteiger partial charge in [-0.25, -0.2) is 0 Å². The van der Waals surface area contributed by atoms with Crippen LogP contribution in [0.25, 0.3) is 22.0 Å². The minimum absolute atomic E-state index is 0.602. The predicted molar refractivity (Wildman–Crippen MR) is 79.7 cm³/mol. The molecule has 0 saturated carbocycles. The molecule has 2 heterocycles. The summed E-state index contributed by atoms with van der Waals surface area (Å²) in [6.07, 6.45) is 3.54. The van der Waals surface area contributed by atoms with Crippen molar-refractivity contribution in [3.05, 3.63) is 58.5 Å². The summed E-state index contributed by atoms with van der Waals surface area (Å²) in [5, 5.41) is 2.18. The molecule has 19 heavy (non-hydrogen) atoms. The van der Waals surface area contributed by atoms with Crippen molar-refractivity contribution in [1.29, 1.82) is 0 Å². The highest BCUT2D eigenvalue weighted by Crippen LogP contribution is 2.37. The quantitative estimate of drug-likeness (QED) is 0.636. The van der Waals surface area contributed by atoms with Crippen molar-refractivity contribution in [2.24, 2.45) is 0 Å². The molecule has 0 aliphatic heterocycles. The van der Waals surface area contributed by atoms with Crippen LogP contribution in [0.5, 0.6) is 0 Å². The van der Waals surface area contributed by atoms with Crippen LogP contribution in [0.4, 0.5) is 0 Å². The summed E-state index contributed by atoms with van der Waals surface area (Å²) in [7, 11) is 0. The van der Waals surface area contributed by atoms with Crippen molar-refractivity contribution < 1.29 is 0 Å². The first kappa shape index (κ1) is 12.4. The molecule has 0 spiro atoms. The van der Waals surface area contributed by atoms with E-state index in [9.17, 15) is 0 Å². The number of benzene rings is 1. The third kappa shape index (κ3) is 2.18. The average Bonchev–Trinajstić information content (AvgIpc) is 2.39. The largest absolute Gasteiger partial charge is 0.263 e. The second kappa shape index (κ2) is 4.80. The van der Waals surface area contributed by atoms with Crippen molar-refractivity contribution in [3.63, 3.8) is 0 Å². The lowest BCUT2D eigenvalue weighted by Gasteiger charge is -2.09. The second-order valence-corrected chi connectivity index (χ2v) is 5.12. The third-order valence-corrected chi connectivity index (χ3v) is 3.60. The van der Waals surface area contributed by atoms with E-state index in [4.69, 9.17) is 23.2 Å². The van der Waals surface area contributed by atoms with Gasteiger partial charge >= 0.3 is 0 Å². The van der Waals surface area contributed by atoms with Crippen molar-refractivity contribution >= 4 is 34.1 Å². The zero-order chi connectivity index (χ0) is 13.4. The Labute approximate surface area is 121 Å². The average molecular weight is 289 g/mol. The number of aryl methyl sites for hydroxylation is 1. The second-order valence-electron chi connectivity index (χ2n) is 4.31. The lowest BCUT2D eigenvalue weighted by Crippen LogP contribution is -1.90. The van der Waals surface area contributed by atoms with Gasteiger partial charge in [-0.3, -0.25) is 9.97 Å². The van der Waals surface area contributed by atoms with Crippen LogP contribution in [0.2, 0.25) is 10.0 Å². The van der Waals surface area contributed by atoms with Crippen LogP contribution in [-0.2, 0) is 0 Å². The van der Waals surface area contributed by atoms with E-state index in [1.807, 2.05) is 37.3 Å². The lowest BCUT2D eigenvalue weighted by atomic mass is 10.0. The minimum Gasteiger partial charge on any atom is -0.263 e. The first-order valence-corrected chi connectivity index (χ1v) is 6.58. The van der Waals surface area contributed by atoms with Gasteiger partial charge in [0.2, 0.25) is 0 Å². The third-order valence-electron chi connectivity index (χ3n) is 2.97. The maximum Gasteiger partial charge on any atom is 0.0815 e. The first-order chi connectivity index (χ1) is 9.16. The summed E-state index contributed by atoms with van der Waals surface area (Å²) in [6.45, 7) is 1.96. The van der Waals surface area contributed by atoms with Gasteiger partial charge in [0.25, 0.3) is 0 Å². The zero-order valence-corrected chi connectivity index (χ0v) is 11.7. The number of hydrogen-bond acceptors (Lipinski definition) is 2. The summed E-state index contributed by atoms with van der Waals surface area (Å²) >= 11 is 12.5. The molecule has 1 aromatic carbocycles. The van der Waals surface area contributed by atoms with Crippen molar-refractivity contribution in [2.75, 3.05) is 0 Å². The van der Waals surface area contributed by atoms with E-state index in [0.717, 1.165) is 27.7 Å². The zero-order valence-electron chi connectivity index (χ0n) is 10.2. The van der Waals surface area contributed by atoms with E-state index in [2.05, 4.69) is 9.97 Å². The normalized spacial score (nSPS) is 10.9. The fourth-order valence-corrected chi connectivity index (χ4v) is 2.68. The molecule has 0 N–H and O–H groups in total. The Bertz CT molecular complexity index is 749. The van der Waals surface area contributed by atoms with Crippen LogP contribution in [0.15, 0.2) is 42.7 Å². The van der Waals surface area contributed by atoms with Crippen molar-refractivity contribution in [1.82, 2.24) is 9.97 Å². The number of aromatic nitrogens is 2. The van der Waals surface area contributed by atoms with E-state index in [0.29, 0.717) is 10.0 Å². The van der Waals surface area contributed by atoms with Gasteiger partial charge in [-0.05, 0) is 31.2 Å². The molecule has 0 aliphatic rings. The Hall–Kier alpha value is -1.64. The Morgan fingerprint density at radius 1 is 0.947 bits per heavy atom. The van der Waals surface area contributed by atoms with Crippen LogP contribution >= 0.6 is 23.2 Å². The molecular weight excluding hydrogens is 279 g/mol. The summed E-state index contributed by atoms with van der Waals surface area (Å²) in [5.74, 6) is 0. The van der Waals surface area contributed by atoms with Crippen LogP contribution in [0, 0.1) is 6.92 Å². The number of fused-ring (bicyclic) bond motifs is 1. The van der Waals surface area contributed by atoms with E-state index < -0.39 is 0 Å². The van der Waals surface area contributed by atoms with Gasteiger partial charge in [0.15, 0.2) is 0 Å². The van der Waals surface area contributed by atoms with Gasteiger partial charge in [-0.15, -0.1) is 0 Å². The summed E-state index contributed by atoms with van der Waals surface area (Å²) in [6, 6.07) is 9.42. The molecule has 4 heteroatoms. The molecule has 0 amide bonds. The smallest absolute Gasteiger partial charge is 0.0815 e. The number of pyridine rings is 2. The summed E-state index contributed by atoms with van der Waals surface area (Å²) in [4.78, 5) is 8.82. The standard InChI is InChI=1S/C15H10Cl2N2/c1-9-5-6-10-7-18-8-11(15(10)19-9)14-12(16)3-2-4-13(14)17/h2-8H,1H3. The predicted octanol–water partition coefficient (Wildman–Crippen LogP) is 4.91. The van der Waals surface area contributed by atoms with Gasteiger partial charge in [0, 0.05) is 34.6 Å². The number of rotatable bonds is 1. The molecular formula is C15H10Cl2N2. The van der Waals surface area contributed by atoms with E-state index >= 15 is 0 Å². The van der Waals surface area contributed by atoms with Crippen molar-refractivity contribution in [2.45, 2.75) is 6.92 Å². The summed E-state index contributed by atoms with van der Waals surface area (Å²) < 4.78 is 0. The Balaban J connectivity index is 2.40. The van der Waals surface area contributed by atoms with Crippen LogP contribution < -0.4 is 0 Å². The van der Waals surface area contributed by atoms with Crippen molar-refractivity contribution in [3.8, 4) is 11.1 Å². The molecule has 2 aromatic heterocycles. The SMILES string of the molecule is Cc1ccc2cncc(-c3c(Cl)cccc3Cl)c2n1. The topological polar surface area (TPSA) is 25.8 Å². The Kier molecular flexibility index (Phi) is 3.13. The lowest BCUT2D eigenvalue weighted by molar-refractivity contribution is 1.24. The molecule has 0 bridgehead atoms. The molecule has 0 fully saturated rings. The number of halogens is 2. The molecule has 0 aliphatic carbocycles. The molecule has 3 aromatic rings. The molecule has 3 rings (SSSR count). The van der Waals surface area contributed by atoms with Gasteiger partial charge in [-0.1, -0.05) is 29.3 Å². The molecule has 0 unspecified atom stereocenters. The molecule has 0 atom stereocenters. The van der Waals surface area contributed by atoms with E-state index in [-0.39, 0.29) is 0 Å². The van der Waals surface area contributed by atoms with Crippen LogP contribution in [0.1, 0.15) is 5.69 Å². The highest BCUT2D eigenvalue weighted by atomic mass is 35.5. The molecule has 0 radical (unpaired) electrons. The van der Waals surface area contributed by atoms with Gasteiger partial charge in [-0.2, -0.15) is 0 Å². The fraction of sp³-hybridized carbons (Fsp3) is 0.0667. The Morgan fingerprint density at radius 3 is 2.42 bits per heavy atom. The minimum atomic E-state index is 0.602. The maximum atomic E-state index is 6.26. The van der Waals surface area contributed by atoms with Gasteiger partial charge < -0.3 is 0 Å². The molecule has 94 valence electrons.